The van der Waals surface area contributed by atoms with Crippen molar-refractivity contribution in [3.63, 3.8) is 0 Å². The van der Waals surface area contributed by atoms with Gasteiger partial charge in [-0.25, -0.2) is 4.79 Å². The van der Waals surface area contributed by atoms with Gasteiger partial charge in [0.15, 0.2) is 0 Å². The predicted molar refractivity (Wildman–Crippen MR) is 142 cm³/mol. The van der Waals surface area contributed by atoms with Crippen molar-refractivity contribution >= 4 is 41.4 Å². The Hall–Kier alpha value is -3.12. The van der Waals surface area contributed by atoms with Crippen LogP contribution in [0.15, 0.2) is 30.3 Å². The lowest BCUT2D eigenvalue weighted by Crippen LogP contribution is -2.59. The Labute approximate surface area is 221 Å². The van der Waals surface area contributed by atoms with Crippen LogP contribution >= 0.6 is 11.8 Å². The van der Waals surface area contributed by atoms with E-state index in [1.54, 1.807) is 49.0 Å². The van der Waals surface area contributed by atoms with E-state index >= 15 is 0 Å². The summed E-state index contributed by atoms with van der Waals surface area (Å²) >= 11 is 1.56. The molecule has 0 aliphatic heterocycles. The van der Waals surface area contributed by atoms with Gasteiger partial charge in [-0.3, -0.25) is 19.2 Å². The summed E-state index contributed by atoms with van der Waals surface area (Å²) in [7, 11) is 0. The van der Waals surface area contributed by atoms with E-state index in [1.807, 2.05) is 13.2 Å². The van der Waals surface area contributed by atoms with Gasteiger partial charge in [0.25, 0.3) is 0 Å². The van der Waals surface area contributed by atoms with Gasteiger partial charge < -0.3 is 32.5 Å². The second-order valence-electron chi connectivity index (χ2n) is 8.92. The maximum absolute atomic E-state index is 13.3. The maximum Gasteiger partial charge on any atom is 0.326 e. The quantitative estimate of drug-likeness (QED) is 0.162. The summed E-state index contributed by atoms with van der Waals surface area (Å²) in [5.74, 6) is -3.38. The Morgan fingerprint density at radius 3 is 2.11 bits per heavy atom. The smallest absolute Gasteiger partial charge is 0.326 e. The van der Waals surface area contributed by atoms with Crippen LogP contribution in [0.25, 0.3) is 0 Å². The zero-order valence-corrected chi connectivity index (χ0v) is 22.4. The number of carboxylic acids is 1. The Morgan fingerprint density at radius 2 is 1.57 bits per heavy atom. The van der Waals surface area contributed by atoms with Gasteiger partial charge in [0.05, 0.1) is 6.04 Å². The summed E-state index contributed by atoms with van der Waals surface area (Å²) in [6.07, 6.45) is 2.58. The average molecular weight is 538 g/mol. The third-order valence-corrected chi connectivity index (χ3v) is 6.62. The molecule has 8 N–H and O–H groups in total. The van der Waals surface area contributed by atoms with E-state index in [-0.39, 0.29) is 25.2 Å². The molecule has 37 heavy (non-hydrogen) atoms. The van der Waals surface area contributed by atoms with Gasteiger partial charge in [0.1, 0.15) is 18.1 Å². The lowest BCUT2D eigenvalue weighted by molar-refractivity contribution is -0.142. The first kappa shape index (κ1) is 31.9. The second kappa shape index (κ2) is 16.6. The molecule has 206 valence electrons. The third kappa shape index (κ3) is 11.6. The predicted octanol–water partition coefficient (Wildman–Crippen LogP) is 0.160. The first-order valence-corrected chi connectivity index (χ1v) is 13.6. The number of hydrogen-bond donors (Lipinski definition) is 6. The highest BCUT2D eigenvalue weighted by atomic mass is 32.2. The van der Waals surface area contributed by atoms with E-state index in [0.717, 1.165) is 5.56 Å². The molecule has 1 rings (SSSR count). The van der Waals surface area contributed by atoms with Gasteiger partial charge in [-0.15, -0.1) is 0 Å². The van der Waals surface area contributed by atoms with Crippen molar-refractivity contribution in [3.05, 3.63) is 35.9 Å². The number of nitrogens with one attached hydrogen (secondary N) is 3. The molecule has 0 spiro atoms. The van der Waals surface area contributed by atoms with Crippen LogP contribution in [0.5, 0.6) is 0 Å². The number of rotatable bonds is 17. The number of primary amides is 1. The number of hydrogen-bond acceptors (Lipinski definition) is 7. The number of benzene rings is 1. The zero-order chi connectivity index (χ0) is 28.0. The molecular weight excluding hydrogens is 498 g/mol. The van der Waals surface area contributed by atoms with Crippen LogP contribution < -0.4 is 27.4 Å². The fourth-order valence-corrected chi connectivity index (χ4v) is 3.96. The molecule has 4 amide bonds. The SMILES string of the molecule is CCC(C)C(NC(=O)C(N)CCSC)C(=O)NC(Cc1ccccc1)C(=O)NC(CCC(N)=O)C(=O)O. The summed E-state index contributed by atoms with van der Waals surface area (Å²) < 4.78 is 0. The topological polar surface area (TPSA) is 194 Å². The van der Waals surface area contributed by atoms with Gasteiger partial charge in [0.2, 0.25) is 23.6 Å². The van der Waals surface area contributed by atoms with Crippen LogP contribution in [0, 0.1) is 5.92 Å². The minimum Gasteiger partial charge on any atom is -0.480 e. The maximum atomic E-state index is 13.3. The van der Waals surface area contributed by atoms with E-state index < -0.39 is 53.8 Å². The number of carbonyl (C=O) groups is 5. The summed E-state index contributed by atoms with van der Waals surface area (Å²) in [4.78, 5) is 61.8. The van der Waals surface area contributed by atoms with Crippen molar-refractivity contribution in [1.82, 2.24) is 16.0 Å². The fourth-order valence-electron chi connectivity index (χ4n) is 3.47. The second-order valence-corrected chi connectivity index (χ2v) is 9.90. The molecule has 0 aliphatic rings. The van der Waals surface area contributed by atoms with Gasteiger partial charge in [-0.2, -0.15) is 11.8 Å². The summed E-state index contributed by atoms with van der Waals surface area (Å²) in [5, 5.41) is 17.3. The normalized spacial score (nSPS) is 14.9. The average Bonchev–Trinajstić information content (AvgIpc) is 2.87. The molecule has 1 aromatic rings. The van der Waals surface area contributed by atoms with E-state index in [1.165, 1.54) is 0 Å². The molecule has 0 heterocycles. The molecule has 0 bridgehead atoms. The van der Waals surface area contributed by atoms with E-state index in [2.05, 4.69) is 16.0 Å². The molecule has 11 nitrogen and oxygen atoms in total. The van der Waals surface area contributed by atoms with Crippen LogP contribution in [0.1, 0.15) is 45.1 Å². The van der Waals surface area contributed by atoms with Gasteiger partial charge in [-0.1, -0.05) is 50.6 Å². The van der Waals surface area contributed by atoms with E-state index in [4.69, 9.17) is 11.5 Å². The van der Waals surface area contributed by atoms with E-state index in [0.29, 0.717) is 18.6 Å². The van der Waals surface area contributed by atoms with Gasteiger partial charge >= 0.3 is 5.97 Å². The zero-order valence-electron chi connectivity index (χ0n) is 21.6. The highest BCUT2D eigenvalue weighted by molar-refractivity contribution is 7.98. The molecule has 0 radical (unpaired) electrons. The molecule has 5 unspecified atom stereocenters. The Balaban J connectivity index is 3.12. The van der Waals surface area contributed by atoms with Crippen LogP contribution in [0.2, 0.25) is 0 Å². The van der Waals surface area contributed by atoms with Crippen LogP contribution in [0.4, 0.5) is 0 Å². The monoisotopic (exact) mass is 537 g/mol. The van der Waals surface area contributed by atoms with Crippen molar-refractivity contribution in [2.75, 3.05) is 12.0 Å². The van der Waals surface area contributed by atoms with E-state index in [9.17, 15) is 29.1 Å². The summed E-state index contributed by atoms with van der Waals surface area (Å²) in [6.45, 7) is 3.67. The number of aliphatic carboxylic acids is 1. The number of thioether (sulfide) groups is 1. The molecule has 1 aromatic carbocycles. The third-order valence-electron chi connectivity index (χ3n) is 5.97. The number of nitrogens with two attached hydrogens (primary N) is 2. The minimum absolute atomic E-state index is 0.0784. The standard InChI is InChI=1S/C25H39N5O6S/c1-4-15(2)21(30-22(32)17(26)12-13-37-3)24(34)29-19(14-16-8-6-5-7-9-16)23(33)28-18(25(35)36)10-11-20(27)31/h5-9,15,17-19,21H,4,10-14,26H2,1-3H3,(H2,27,31)(H,28,33)(H,29,34)(H,30,32)(H,35,36). The van der Waals surface area contributed by atoms with Crippen molar-refractivity contribution < 1.29 is 29.1 Å². The van der Waals surface area contributed by atoms with Crippen molar-refractivity contribution in [3.8, 4) is 0 Å². The molecule has 0 aromatic heterocycles. The molecule has 0 saturated carbocycles. The van der Waals surface area contributed by atoms with Crippen molar-refractivity contribution in [2.45, 2.75) is 70.1 Å². The highest BCUT2D eigenvalue weighted by Crippen LogP contribution is 2.11. The molecule has 0 aliphatic carbocycles. The molecule has 0 saturated heterocycles. The van der Waals surface area contributed by atoms with Crippen LogP contribution in [-0.2, 0) is 30.4 Å². The summed E-state index contributed by atoms with van der Waals surface area (Å²) in [5.41, 5.74) is 11.8. The summed E-state index contributed by atoms with van der Waals surface area (Å²) in [6, 6.07) is 4.66. The van der Waals surface area contributed by atoms with Crippen molar-refractivity contribution in [2.24, 2.45) is 17.4 Å². The van der Waals surface area contributed by atoms with Crippen molar-refractivity contribution in [1.29, 1.82) is 0 Å². The molecule has 12 heteroatoms. The largest absolute Gasteiger partial charge is 0.480 e. The number of amides is 4. The first-order chi connectivity index (χ1) is 17.5. The first-order valence-electron chi connectivity index (χ1n) is 12.2. The Bertz CT molecular complexity index is 916. The lowest BCUT2D eigenvalue weighted by Gasteiger charge is -2.28. The van der Waals surface area contributed by atoms with Crippen LogP contribution in [0.3, 0.4) is 0 Å². The minimum atomic E-state index is -1.37. The van der Waals surface area contributed by atoms with Gasteiger partial charge in [0, 0.05) is 12.8 Å². The Morgan fingerprint density at radius 1 is 0.946 bits per heavy atom. The van der Waals surface area contributed by atoms with Crippen LogP contribution in [-0.4, -0.2) is 70.9 Å². The molecule has 0 fully saturated rings. The lowest BCUT2D eigenvalue weighted by atomic mass is 9.96. The number of carbonyl (C=O) groups excluding carboxylic acids is 4. The highest BCUT2D eigenvalue weighted by Gasteiger charge is 2.32. The Kier molecular flexibility index (Phi) is 14.3. The van der Waals surface area contributed by atoms with Gasteiger partial charge in [-0.05, 0) is 36.3 Å². The molecule has 5 atom stereocenters. The number of carboxylic acid groups (broad SMARTS) is 1. The molecular formula is C25H39N5O6S. The fraction of sp³-hybridized carbons (Fsp3) is 0.560.